The van der Waals surface area contributed by atoms with Crippen molar-refractivity contribution in [3.8, 4) is 5.75 Å². The number of benzene rings is 2. The van der Waals surface area contributed by atoms with Gasteiger partial charge in [-0.25, -0.2) is 8.78 Å². The fraction of sp³-hybridized carbons (Fsp3) is 0.143. The third-order valence-electron chi connectivity index (χ3n) is 2.65. The lowest BCUT2D eigenvalue weighted by atomic mass is 10.1. The molecule has 5 heteroatoms. The second-order valence-corrected chi connectivity index (χ2v) is 4.38. The predicted molar refractivity (Wildman–Crippen MR) is 70.0 cm³/mol. The maximum Gasteiger partial charge on any atom is 0.183 e. The molecule has 19 heavy (non-hydrogen) atoms. The Balaban J connectivity index is 2.16. The summed E-state index contributed by atoms with van der Waals surface area (Å²) in [7, 11) is 0. The molecule has 0 saturated carbocycles. The van der Waals surface area contributed by atoms with Crippen LogP contribution in [0, 0.1) is 11.6 Å². The molecule has 0 aliphatic heterocycles. The highest BCUT2D eigenvalue weighted by molar-refractivity contribution is 6.30. The first-order chi connectivity index (χ1) is 9.11. The van der Waals surface area contributed by atoms with Gasteiger partial charge in [0.05, 0.1) is 5.02 Å². The first-order valence-electron chi connectivity index (χ1n) is 5.66. The molecule has 0 amide bonds. The Morgan fingerprint density at radius 3 is 2.68 bits per heavy atom. The Hall–Kier alpha value is -1.65. The molecule has 2 rings (SSSR count). The minimum Gasteiger partial charge on any atom is -0.486 e. The number of halogens is 3. The summed E-state index contributed by atoms with van der Waals surface area (Å²) in [6.45, 7) is 0.218. The Morgan fingerprint density at radius 2 is 1.95 bits per heavy atom. The van der Waals surface area contributed by atoms with Crippen LogP contribution in [0.4, 0.5) is 8.78 Å². The Morgan fingerprint density at radius 1 is 1.16 bits per heavy atom. The van der Waals surface area contributed by atoms with Crippen molar-refractivity contribution in [2.45, 2.75) is 13.2 Å². The van der Waals surface area contributed by atoms with Crippen LogP contribution in [0.1, 0.15) is 11.1 Å². The standard InChI is InChI=1S/C14H12ClF2NO/c15-11-2-1-3-13(14(11)17)19-8-10-6-9(7-18)4-5-12(10)16/h1-6H,7-8,18H2. The number of hydrogen-bond donors (Lipinski definition) is 1. The third-order valence-corrected chi connectivity index (χ3v) is 2.94. The molecule has 0 aliphatic carbocycles. The van der Waals surface area contributed by atoms with E-state index >= 15 is 0 Å². The van der Waals surface area contributed by atoms with Crippen LogP contribution < -0.4 is 10.5 Å². The van der Waals surface area contributed by atoms with Crippen molar-refractivity contribution in [1.29, 1.82) is 0 Å². The zero-order valence-electron chi connectivity index (χ0n) is 10.00. The van der Waals surface area contributed by atoms with E-state index in [1.54, 1.807) is 18.2 Å². The number of hydrogen-bond acceptors (Lipinski definition) is 2. The second kappa shape index (κ2) is 5.99. The van der Waals surface area contributed by atoms with Gasteiger partial charge in [0.15, 0.2) is 11.6 Å². The van der Waals surface area contributed by atoms with Gasteiger partial charge < -0.3 is 10.5 Å². The maximum atomic E-state index is 13.6. The SMILES string of the molecule is NCc1ccc(F)c(COc2cccc(Cl)c2F)c1. The molecule has 0 spiro atoms. The quantitative estimate of drug-likeness (QED) is 0.929. The Kier molecular flexibility index (Phi) is 4.35. The normalized spacial score (nSPS) is 10.5. The number of ether oxygens (including phenoxy) is 1. The van der Waals surface area contributed by atoms with Gasteiger partial charge in [-0.05, 0) is 29.8 Å². The topological polar surface area (TPSA) is 35.2 Å². The van der Waals surface area contributed by atoms with E-state index in [9.17, 15) is 8.78 Å². The molecule has 0 radical (unpaired) electrons. The highest BCUT2D eigenvalue weighted by Crippen LogP contribution is 2.25. The molecule has 0 saturated heterocycles. The van der Waals surface area contributed by atoms with Crippen LogP contribution in [0.2, 0.25) is 5.02 Å². The van der Waals surface area contributed by atoms with E-state index in [-0.39, 0.29) is 17.4 Å². The van der Waals surface area contributed by atoms with E-state index in [1.807, 2.05) is 0 Å². The molecule has 2 aromatic rings. The van der Waals surface area contributed by atoms with Crippen LogP contribution >= 0.6 is 11.6 Å². The molecule has 2 aromatic carbocycles. The second-order valence-electron chi connectivity index (χ2n) is 3.97. The van der Waals surface area contributed by atoms with Crippen LogP contribution in [0.15, 0.2) is 36.4 Å². The van der Waals surface area contributed by atoms with Crippen LogP contribution in [0.5, 0.6) is 5.75 Å². The Labute approximate surface area is 114 Å². The highest BCUT2D eigenvalue weighted by Gasteiger charge is 2.09. The van der Waals surface area contributed by atoms with Crippen molar-refractivity contribution in [3.63, 3.8) is 0 Å². The first-order valence-corrected chi connectivity index (χ1v) is 6.04. The Bertz CT molecular complexity index is 590. The van der Waals surface area contributed by atoms with E-state index in [2.05, 4.69) is 0 Å². The van der Waals surface area contributed by atoms with Gasteiger partial charge in [0, 0.05) is 12.1 Å². The van der Waals surface area contributed by atoms with Crippen molar-refractivity contribution in [2.24, 2.45) is 5.73 Å². The summed E-state index contributed by atoms with van der Waals surface area (Å²) in [6.07, 6.45) is 0. The van der Waals surface area contributed by atoms with Crippen LogP contribution in [-0.4, -0.2) is 0 Å². The van der Waals surface area contributed by atoms with Crippen LogP contribution in [0.3, 0.4) is 0 Å². The third kappa shape index (κ3) is 3.22. The van der Waals surface area contributed by atoms with E-state index in [1.165, 1.54) is 18.2 Å². The predicted octanol–water partition coefficient (Wildman–Crippen LogP) is 3.66. The number of rotatable bonds is 4. The van der Waals surface area contributed by atoms with Gasteiger partial charge in [0.1, 0.15) is 12.4 Å². The number of nitrogens with two attached hydrogens (primary N) is 1. The van der Waals surface area contributed by atoms with E-state index in [4.69, 9.17) is 22.1 Å². The van der Waals surface area contributed by atoms with E-state index in [0.717, 1.165) is 5.56 Å². The smallest absolute Gasteiger partial charge is 0.183 e. The van der Waals surface area contributed by atoms with Gasteiger partial charge in [-0.15, -0.1) is 0 Å². The van der Waals surface area contributed by atoms with Gasteiger partial charge in [-0.1, -0.05) is 23.7 Å². The molecule has 0 atom stereocenters. The summed E-state index contributed by atoms with van der Waals surface area (Å²) in [5.74, 6) is -1.08. The van der Waals surface area contributed by atoms with Crippen molar-refractivity contribution >= 4 is 11.6 Å². The van der Waals surface area contributed by atoms with Crippen molar-refractivity contribution in [3.05, 3.63) is 64.2 Å². The van der Waals surface area contributed by atoms with Crippen molar-refractivity contribution < 1.29 is 13.5 Å². The molecule has 0 aromatic heterocycles. The van der Waals surface area contributed by atoms with Gasteiger partial charge in [0.2, 0.25) is 0 Å². The highest BCUT2D eigenvalue weighted by atomic mass is 35.5. The van der Waals surface area contributed by atoms with Gasteiger partial charge in [-0.2, -0.15) is 0 Å². The molecule has 0 aliphatic rings. The first kappa shape index (κ1) is 13.8. The molecule has 2 N–H and O–H groups in total. The summed E-state index contributed by atoms with van der Waals surface area (Å²) in [6, 6.07) is 8.92. The van der Waals surface area contributed by atoms with Crippen LogP contribution in [0.25, 0.3) is 0 Å². The monoisotopic (exact) mass is 283 g/mol. The van der Waals surface area contributed by atoms with Gasteiger partial charge in [-0.3, -0.25) is 0 Å². The lowest BCUT2D eigenvalue weighted by molar-refractivity contribution is 0.284. The average molecular weight is 284 g/mol. The molecule has 100 valence electrons. The van der Waals surface area contributed by atoms with Gasteiger partial charge >= 0.3 is 0 Å². The minimum absolute atomic E-state index is 0.00921. The molecule has 0 bridgehead atoms. The minimum atomic E-state index is -0.653. The molecular formula is C14H12ClF2NO. The van der Waals surface area contributed by atoms with Crippen molar-refractivity contribution in [1.82, 2.24) is 0 Å². The largest absolute Gasteiger partial charge is 0.486 e. The van der Waals surface area contributed by atoms with Crippen LogP contribution in [-0.2, 0) is 13.2 Å². The summed E-state index contributed by atoms with van der Waals surface area (Å²) in [5.41, 5.74) is 6.58. The van der Waals surface area contributed by atoms with Gasteiger partial charge in [0.25, 0.3) is 0 Å². The summed E-state index contributed by atoms with van der Waals surface area (Å²) < 4.78 is 32.4. The summed E-state index contributed by atoms with van der Waals surface area (Å²) >= 11 is 5.63. The summed E-state index contributed by atoms with van der Waals surface area (Å²) in [4.78, 5) is 0. The zero-order valence-corrected chi connectivity index (χ0v) is 10.8. The molecule has 0 heterocycles. The van der Waals surface area contributed by atoms with E-state index in [0.29, 0.717) is 12.1 Å². The zero-order chi connectivity index (χ0) is 13.8. The van der Waals surface area contributed by atoms with E-state index < -0.39 is 11.6 Å². The fourth-order valence-electron chi connectivity index (χ4n) is 1.62. The molecule has 0 unspecified atom stereocenters. The fourth-order valence-corrected chi connectivity index (χ4v) is 1.78. The molecule has 2 nitrogen and oxygen atoms in total. The lowest BCUT2D eigenvalue weighted by Gasteiger charge is -2.09. The maximum absolute atomic E-state index is 13.6. The summed E-state index contributed by atoms with van der Waals surface area (Å²) in [5, 5.41) is -0.0336. The average Bonchev–Trinajstić information content (AvgIpc) is 2.42. The van der Waals surface area contributed by atoms with Crippen molar-refractivity contribution in [2.75, 3.05) is 0 Å². The lowest BCUT2D eigenvalue weighted by Crippen LogP contribution is -2.03. The molecular weight excluding hydrogens is 272 g/mol. The molecule has 0 fully saturated rings.